The predicted octanol–water partition coefficient (Wildman–Crippen LogP) is 6.15. The van der Waals surface area contributed by atoms with E-state index in [1.165, 1.54) is 36.1 Å². The SMILES string of the molecule is CC(O)(CC(F)(F)F)c1cc2nc(C3CCCCC3)sc2cc1NC(=O)c1ccccn1. The third kappa shape index (κ3) is 5.10. The summed E-state index contributed by atoms with van der Waals surface area (Å²) in [6.45, 7) is 1.10. The molecule has 32 heavy (non-hydrogen) atoms. The molecule has 0 saturated heterocycles. The number of rotatable bonds is 5. The van der Waals surface area contributed by atoms with Gasteiger partial charge in [0.25, 0.3) is 5.91 Å². The molecule has 1 amide bonds. The molecule has 1 fully saturated rings. The number of halogens is 3. The molecule has 1 aromatic carbocycles. The largest absolute Gasteiger partial charge is 0.392 e. The van der Waals surface area contributed by atoms with Gasteiger partial charge in [-0.1, -0.05) is 25.3 Å². The van der Waals surface area contributed by atoms with Crippen LogP contribution in [0.15, 0.2) is 36.5 Å². The number of carbonyl (C=O) groups is 1. The van der Waals surface area contributed by atoms with E-state index in [9.17, 15) is 23.1 Å². The molecule has 1 unspecified atom stereocenters. The Morgan fingerprint density at radius 1 is 1.22 bits per heavy atom. The van der Waals surface area contributed by atoms with E-state index in [2.05, 4.69) is 15.3 Å². The van der Waals surface area contributed by atoms with Gasteiger partial charge in [0, 0.05) is 23.4 Å². The standard InChI is InChI=1S/C23H24F3N3O2S/c1-22(31,13-23(24,25)26)15-11-18-19(32-21(29-18)14-7-3-2-4-8-14)12-17(15)28-20(30)16-9-5-6-10-27-16/h5-6,9-12,14,31H,2-4,7-8,13H2,1H3,(H,28,30). The molecule has 4 rings (SSSR count). The summed E-state index contributed by atoms with van der Waals surface area (Å²) in [4.78, 5) is 21.4. The maximum atomic E-state index is 13.2. The van der Waals surface area contributed by atoms with Crippen LogP contribution in [0.1, 0.15) is 72.4 Å². The van der Waals surface area contributed by atoms with Gasteiger partial charge in [-0.25, -0.2) is 4.98 Å². The highest BCUT2D eigenvalue weighted by atomic mass is 32.1. The van der Waals surface area contributed by atoms with E-state index < -0.39 is 24.1 Å². The first-order valence-corrected chi connectivity index (χ1v) is 11.4. The molecule has 2 heterocycles. The van der Waals surface area contributed by atoms with Crippen molar-refractivity contribution in [1.82, 2.24) is 9.97 Å². The Kier molecular flexibility index (Phi) is 6.22. The lowest BCUT2D eigenvalue weighted by Gasteiger charge is -2.27. The van der Waals surface area contributed by atoms with E-state index in [0.717, 1.165) is 42.3 Å². The van der Waals surface area contributed by atoms with Crippen molar-refractivity contribution in [2.24, 2.45) is 0 Å². The van der Waals surface area contributed by atoms with Gasteiger partial charge in [0.2, 0.25) is 0 Å². The molecule has 1 atom stereocenters. The van der Waals surface area contributed by atoms with Crippen LogP contribution in [0.4, 0.5) is 18.9 Å². The van der Waals surface area contributed by atoms with Crippen LogP contribution in [0.3, 0.4) is 0 Å². The van der Waals surface area contributed by atoms with Crippen LogP contribution >= 0.6 is 11.3 Å². The molecule has 1 aliphatic rings. The van der Waals surface area contributed by atoms with Crippen molar-refractivity contribution in [3.05, 3.63) is 52.8 Å². The number of amides is 1. The van der Waals surface area contributed by atoms with Gasteiger partial charge in [-0.15, -0.1) is 11.3 Å². The van der Waals surface area contributed by atoms with E-state index in [1.54, 1.807) is 18.2 Å². The maximum Gasteiger partial charge on any atom is 0.392 e. The zero-order valence-corrected chi connectivity index (χ0v) is 18.4. The Morgan fingerprint density at radius 2 is 1.97 bits per heavy atom. The summed E-state index contributed by atoms with van der Waals surface area (Å²) < 4.78 is 40.3. The minimum Gasteiger partial charge on any atom is -0.385 e. The molecule has 0 bridgehead atoms. The van der Waals surface area contributed by atoms with E-state index in [1.807, 2.05) is 0 Å². The molecule has 2 aromatic heterocycles. The zero-order chi connectivity index (χ0) is 22.9. The smallest absolute Gasteiger partial charge is 0.385 e. The van der Waals surface area contributed by atoms with Crippen molar-refractivity contribution in [2.45, 2.75) is 63.1 Å². The van der Waals surface area contributed by atoms with Crippen LogP contribution in [0.25, 0.3) is 10.2 Å². The van der Waals surface area contributed by atoms with Gasteiger partial charge in [0.05, 0.1) is 27.2 Å². The Balaban J connectivity index is 1.76. The second-order valence-electron chi connectivity index (χ2n) is 8.49. The molecule has 5 nitrogen and oxygen atoms in total. The highest BCUT2D eigenvalue weighted by Crippen LogP contribution is 2.42. The minimum atomic E-state index is -4.59. The van der Waals surface area contributed by atoms with Crippen LogP contribution in [0.5, 0.6) is 0 Å². The summed E-state index contributed by atoms with van der Waals surface area (Å²) in [7, 11) is 0. The van der Waals surface area contributed by atoms with E-state index >= 15 is 0 Å². The van der Waals surface area contributed by atoms with Gasteiger partial charge in [0.1, 0.15) is 5.69 Å². The first-order valence-electron chi connectivity index (χ1n) is 10.6. The topological polar surface area (TPSA) is 75.1 Å². The molecule has 9 heteroatoms. The number of nitrogens with zero attached hydrogens (tertiary/aromatic N) is 2. The number of fused-ring (bicyclic) bond motifs is 1. The number of benzene rings is 1. The highest BCUT2D eigenvalue weighted by Gasteiger charge is 2.41. The number of anilines is 1. The Bertz CT molecular complexity index is 1110. The molecule has 170 valence electrons. The first kappa shape index (κ1) is 22.7. The quantitative estimate of drug-likeness (QED) is 0.476. The second kappa shape index (κ2) is 8.78. The lowest BCUT2D eigenvalue weighted by molar-refractivity contribution is -0.174. The van der Waals surface area contributed by atoms with Gasteiger partial charge in [-0.2, -0.15) is 13.2 Å². The molecule has 2 N–H and O–H groups in total. The van der Waals surface area contributed by atoms with Crippen molar-refractivity contribution in [3.8, 4) is 0 Å². The van der Waals surface area contributed by atoms with E-state index in [0.29, 0.717) is 11.4 Å². The van der Waals surface area contributed by atoms with Crippen LogP contribution in [-0.2, 0) is 5.60 Å². The summed E-state index contributed by atoms with van der Waals surface area (Å²) in [5.74, 6) is -0.224. The molecule has 0 aliphatic heterocycles. The number of aromatic nitrogens is 2. The number of hydrogen-bond donors (Lipinski definition) is 2. The third-order valence-electron chi connectivity index (χ3n) is 5.77. The number of hydrogen-bond acceptors (Lipinski definition) is 5. The molecular weight excluding hydrogens is 439 g/mol. The predicted molar refractivity (Wildman–Crippen MR) is 118 cm³/mol. The maximum absolute atomic E-state index is 13.2. The average Bonchev–Trinajstić information content (AvgIpc) is 3.16. The minimum absolute atomic E-state index is 0.0212. The Labute approximate surface area is 187 Å². The molecule has 0 radical (unpaired) electrons. The summed E-state index contributed by atoms with van der Waals surface area (Å²) >= 11 is 1.49. The van der Waals surface area contributed by atoms with E-state index in [4.69, 9.17) is 0 Å². The van der Waals surface area contributed by atoms with Crippen molar-refractivity contribution >= 4 is 33.1 Å². The summed E-state index contributed by atoms with van der Waals surface area (Å²) in [6.07, 6.45) is 0.986. The first-order chi connectivity index (χ1) is 15.1. The fourth-order valence-corrected chi connectivity index (χ4v) is 5.39. The third-order valence-corrected chi connectivity index (χ3v) is 6.95. The lowest BCUT2D eigenvalue weighted by atomic mass is 9.89. The average molecular weight is 464 g/mol. The van der Waals surface area contributed by atoms with Gasteiger partial charge < -0.3 is 10.4 Å². The number of thiazole rings is 1. The highest BCUT2D eigenvalue weighted by molar-refractivity contribution is 7.18. The zero-order valence-electron chi connectivity index (χ0n) is 17.6. The monoisotopic (exact) mass is 463 g/mol. The van der Waals surface area contributed by atoms with Crippen LogP contribution in [0.2, 0.25) is 0 Å². The number of nitrogens with one attached hydrogen (secondary N) is 1. The number of alkyl halides is 3. The van der Waals surface area contributed by atoms with Crippen molar-refractivity contribution < 1.29 is 23.1 Å². The van der Waals surface area contributed by atoms with Gasteiger partial charge in [-0.05, 0) is 44.0 Å². The number of aliphatic hydroxyl groups is 1. The molecular formula is C23H24F3N3O2S. The van der Waals surface area contributed by atoms with Crippen molar-refractivity contribution in [2.75, 3.05) is 5.32 Å². The molecule has 1 aliphatic carbocycles. The van der Waals surface area contributed by atoms with E-state index in [-0.39, 0.29) is 16.9 Å². The number of carbonyl (C=O) groups excluding carboxylic acids is 1. The molecule has 0 spiro atoms. The van der Waals surface area contributed by atoms with Crippen LogP contribution in [-0.4, -0.2) is 27.2 Å². The normalized spacial score (nSPS) is 17.3. The van der Waals surface area contributed by atoms with Gasteiger partial charge >= 0.3 is 6.18 Å². The summed E-state index contributed by atoms with van der Waals surface area (Å²) in [5, 5.41) is 14.4. The van der Waals surface area contributed by atoms with Crippen molar-refractivity contribution in [1.29, 1.82) is 0 Å². The van der Waals surface area contributed by atoms with Crippen molar-refractivity contribution in [3.63, 3.8) is 0 Å². The lowest BCUT2D eigenvalue weighted by Crippen LogP contribution is -2.30. The summed E-state index contributed by atoms with van der Waals surface area (Å²) in [5.41, 5.74) is -1.48. The fourth-order valence-electron chi connectivity index (χ4n) is 4.23. The second-order valence-corrected chi connectivity index (χ2v) is 9.55. The molecule has 1 saturated carbocycles. The fraction of sp³-hybridized carbons (Fsp3) is 0.435. The Hall–Kier alpha value is -2.52. The molecule has 3 aromatic rings. The number of pyridine rings is 1. The van der Waals surface area contributed by atoms with Gasteiger partial charge in [0.15, 0.2) is 0 Å². The van der Waals surface area contributed by atoms with Gasteiger partial charge in [-0.3, -0.25) is 9.78 Å². The van der Waals surface area contributed by atoms with Crippen LogP contribution in [0, 0.1) is 0 Å². The van der Waals surface area contributed by atoms with Crippen LogP contribution < -0.4 is 5.32 Å². The Morgan fingerprint density at radius 3 is 2.62 bits per heavy atom. The summed E-state index contributed by atoms with van der Waals surface area (Å²) in [6, 6.07) is 7.89.